The van der Waals surface area contributed by atoms with Crippen LogP contribution >= 0.6 is 8.58 Å². The predicted molar refractivity (Wildman–Crippen MR) is 132 cm³/mol. The van der Waals surface area contributed by atoms with Crippen molar-refractivity contribution in [2.45, 2.75) is 13.3 Å². The number of benzene rings is 4. The van der Waals surface area contributed by atoms with E-state index >= 15 is 0 Å². The minimum Gasteiger partial charge on any atom is -0.179 e. The van der Waals surface area contributed by atoms with Crippen molar-refractivity contribution >= 4 is 30.0 Å². The summed E-state index contributed by atoms with van der Waals surface area (Å²) in [7, 11) is 0.754. The Morgan fingerprint density at radius 1 is 0.774 bits per heavy atom. The van der Waals surface area contributed by atoms with Crippen LogP contribution in [-0.4, -0.2) is 0 Å². The van der Waals surface area contributed by atoms with Gasteiger partial charge in [0.25, 0.3) is 0 Å². The summed E-state index contributed by atoms with van der Waals surface area (Å²) in [6, 6.07) is 39.8. The summed E-state index contributed by atoms with van der Waals surface area (Å²) in [6.07, 6.45) is 1.05. The first-order chi connectivity index (χ1) is 14.8. The summed E-state index contributed by atoms with van der Waals surface area (Å²) >= 11 is 0. The van der Waals surface area contributed by atoms with E-state index in [0.717, 1.165) is 15.0 Å². The Labute approximate surface area is 205 Å². The number of aryl methyl sites for hydroxylation is 1. The quantitative estimate of drug-likeness (QED) is 0.189. The molecule has 1 aliphatic carbocycles. The van der Waals surface area contributed by atoms with Crippen LogP contribution in [0.3, 0.4) is 0 Å². The monoisotopic (exact) mass is 492 g/mol. The van der Waals surface area contributed by atoms with Crippen LogP contribution in [0, 0.1) is 13.0 Å². The van der Waals surface area contributed by atoms with Crippen molar-refractivity contribution in [2.75, 3.05) is 0 Å². The van der Waals surface area contributed by atoms with E-state index in [1.54, 1.807) is 0 Å². The normalized spacial score (nSPS) is 11.5. The fraction of sp³-hybridized carbons (Fsp3) is 0.0690. The van der Waals surface area contributed by atoms with Gasteiger partial charge in [-0.1, -0.05) is 78.7 Å². The first kappa shape index (κ1) is 22.0. The summed E-state index contributed by atoms with van der Waals surface area (Å²) in [4.78, 5) is 0. The standard InChI is InChI=1S/C16H14P.C13H9.Zr/c1-12-11-13-7-5-6-10-15(13)16(12)17-14-8-3-2-4-9-14;1-3-7-12-10(5-1)9-11-6-2-4-8-13(11)12;/h2-11,17H,1H3;1-5,7-8H,9H2;/q2*-1;+2. The Morgan fingerprint density at radius 2 is 1.48 bits per heavy atom. The van der Waals surface area contributed by atoms with Gasteiger partial charge in [0.15, 0.2) is 0 Å². The van der Waals surface area contributed by atoms with Crippen LogP contribution in [0.1, 0.15) is 16.7 Å². The molecule has 0 saturated heterocycles. The maximum absolute atomic E-state index is 3.30. The smallest absolute Gasteiger partial charge is 0.179 e. The average Bonchev–Trinajstić information content (AvgIpc) is 3.32. The zero-order valence-electron chi connectivity index (χ0n) is 17.5. The van der Waals surface area contributed by atoms with Crippen molar-refractivity contribution in [3.63, 3.8) is 0 Å². The average molecular weight is 494 g/mol. The van der Waals surface area contributed by atoms with Crippen molar-refractivity contribution in [2.24, 2.45) is 0 Å². The Bertz CT molecular complexity index is 1260. The maximum Gasteiger partial charge on any atom is 2.00 e. The zero-order chi connectivity index (χ0) is 20.3. The SMILES string of the molecule is Cc1[cH-]c2ccccc2c1Pc1ccccc1.[Zr+2].[c-]1cccc2c1Cc1ccccc1-2. The summed E-state index contributed by atoms with van der Waals surface area (Å²) in [5.41, 5.74) is 6.92. The Hall–Kier alpha value is -2.20. The van der Waals surface area contributed by atoms with Crippen LogP contribution in [-0.2, 0) is 32.6 Å². The van der Waals surface area contributed by atoms with Gasteiger partial charge in [-0.15, -0.1) is 60.1 Å². The second kappa shape index (κ2) is 9.95. The van der Waals surface area contributed by atoms with Gasteiger partial charge < -0.3 is 0 Å². The number of hydrogen-bond donors (Lipinski definition) is 0. The molecule has 0 saturated carbocycles. The summed E-state index contributed by atoms with van der Waals surface area (Å²) in [6.45, 7) is 2.21. The minimum atomic E-state index is 0. The molecule has 1 atom stereocenters. The molecule has 1 unspecified atom stereocenters. The van der Waals surface area contributed by atoms with E-state index in [-0.39, 0.29) is 26.2 Å². The molecule has 31 heavy (non-hydrogen) atoms. The largest absolute Gasteiger partial charge is 2.00 e. The summed E-state index contributed by atoms with van der Waals surface area (Å²) in [5, 5.41) is 5.68. The van der Waals surface area contributed by atoms with E-state index in [2.05, 4.69) is 110 Å². The van der Waals surface area contributed by atoms with Gasteiger partial charge in [-0.2, -0.15) is 29.8 Å². The Morgan fingerprint density at radius 3 is 2.35 bits per heavy atom. The number of hydrogen-bond acceptors (Lipinski definition) is 0. The molecule has 0 nitrogen and oxygen atoms in total. The fourth-order valence-electron chi connectivity index (χ4n) is 4.20. The van der Waals surface area contributed by atoms with Gasteiger partial charge >= 0.3 is 26.2 Å². The Balaban J connectivity index is 0.000000149. The molecule has 6 rings (SSSR count). The maximum atomic E-state index is 3.30. The van der Waals surface area contributed by atoms with Crippen LogP contribution in [0.2, 0.25) is 0 Å². The van der Waals surface area contributed by atoms with Crippen molar-refractivity contribution in [1.82, 2.24) is 0 Å². The second-order valence-electron chi connectivity index (χ2n) is 7.68. The van der Waals surface area contributed by atoms with Gasteiger partial charge in [0, 0.05) is 0 Å². The minimum absolute atomic E-state index is 0. The van der Waals surface area contributed by atoms with Crippen molar-refractivity contribution < 1.29 is 26.2 Å². The third-order valence-electron chi connectivity index (χ3n) is 5.66. The first-order valence-corrected chi connectivity index (χ1v) is 11.3. The van der Waals surface area contributed by atoms with Gasteiger partial charge in [0.05, 0.1) is 0 Å². The van der Waals surface area contributed by atoms with Gasteiger partial charge in [0.1, 0.15) is 0 Å². The van der Waals surface area contributed by atoms with E-state index in [9.17, 15) is 0 Å². The number of rotatable bonds is 2. The molecule has 0 bridgehead atoms. The van der Waals surface area contributed by atoms with E-state index in [1.807, 2.05) is 6.07 Å². The van der Waals surface area contributed by atoms with Gasteiger partial charge in [-0.25, -0.2) is 0 Å². The molecule has 2 heteroatoms. The van der Waals surface area contributed by atoms with E-state index in [4.69, 9.17) is 0 Å². The first-order valence-electron chi connectivity index (χ1n) is 10.3. The van der Waals surface area contributed by atoms with Crippen molar-refractivity contribution in [1.29, 1.82) is 0 Å². The van der Waals surface area contributed by atoms with Crippen LogP contribution in [0.5, 0.6) is 0 Å². The molecule has 0 fully saturated rings. The van der Waals surface area contributed by atoms with E-state index < -0.39 is 0 Å². The number of fused-ring (bicyclic) bond motifs is 4. The van der Waals surface area contributed by atoms with Crippen LogP contribution in [0.4, 0.5) is 0 Å². The molecule has 148 valence electrons. The van der Waals surface area contributed by atoms with Gasteiger partial charge in [0.2, 0.25) is 0 Å². The summed E-state index contributed by atoms with van der Waals surface area (Å²) < 4.78 is 0. The molecular formula is C29H23PZr. The molecular weight excluding hydrogens is 471 g/mol. The molecule has 5 aromatic carbocycles. The zero-order valence-corrected chi connectivity index (χ0v) is 21.0. The Kier molecular flexibility index (Phi) is 7.07. The van der Waals surface area contributed by atoms with Crippen LogP contribution < -0.4 is 10.6 Å². The molecule has 0 aromatic heterocycles. The molecule has 0 spiro atoms. The molecule has 5 aromatic rings. The van der Waals surface area contributed by atoms with Crippen molar-refractivity contribution in [3.05, 3.63) is 126 Å². The third kappa shape index (κ3) is 4.69. The van der Waals surface area contributed by atoms with Crippen LogP contribution in [0.25, 0.3) is 21.9 Å². The topological polar surface area (TPSA) is 0 Å². The fourth-order valence-corrected chi connectivity index (χ4v) is 5.48. The molecule has 0 amide bonds. The second-order valence-corrected chi connectivity index (χ2v) is 9.00. The molecule has 0 radical (unpaired) electrons. The van der Waals surface area contributed by atoms with E-state index in [1.165, 1.54) is 49.2 Å². The molecule has 0 N–H and O–H groups in total. The predicted octanol–water partition coefficient (Wildman–Crippen LogP) is 6.55. The summed E-state index contributed by atoms with van der Waals surface area (Å²) in [5.74, 6) is 0. The molecule has 1 aliphatic rings. The van der Waals surface area contributed by atoms with Gasteiger partial charge in [-0.05, 0) is 11.7 Å². The molecule has 0 aliphatic heterocycles. The third-order valence-corrected chi connectivity index (χ3v) is 7.19. The molecule has 0 heterocycles. The van der Waals surface area contributed by atoms with Crippen molar-refractivity contribution in [3.8, 4) is 11.1 Å². The van der Waals surface area contributed by atoms with E-state index in [0.29, 0.717) is 0 Å². The van der Waals surface area contributed by atoms with Crippen LogP contribution in [0.15, 0.2) is 103 Å². The van der Waals surface area contributed by atoms with Gasteiger partial charge in [-0.3, -0.25) is 0 Å².